The summed E-state index contributed by atoms with van der Waals surface area (Å²) in [6, 6.07) is 10.6. The van der Waals surface area contributed by atoms with Crippen LogP contribution in [0.1, 0.15) is 0 Å². The molecule has 1 aliphatic rings. The Kier molecular flexibility index (Phi) is 2.34. The van der Waals surface area contributed by atoms with E-state index in [1.54, 1.807) is 12.1 Å². The number of phenols is 1. The second-order valence-electron chi connectivity index (χ2n) is 3.77. The van der Waals surface area contributed by atoms with E-state index < -0.39 is 0 Å². The van der Waals surface area contributed by atoms with Crippen LogP contribution in [-0.2, 0) is 0 Å². The van der Waals surface area contributed by atoms with Gasteiger partial charge in [-0.15, -0.1) is 0 Å². The predicted molar refractivity (Wildman–Crippen MR) is 64.7 cm³/mol. The molecule has 0 amide bonds. The minimum absolute atomic E-state index is 0.144. The van der Waals surface area contributed by atoms with Crippen LogP contribution in [0.5, 0.6) is 17.2 Å². The van der Waals surface area contributed by atoms with Crippen molar-refractivity contribution in [2.75, 3.05) is 6.79 Å². The summed E-state index contributed by atoms with van der Waals surface area (Å²) in [5, 5.41) is 10.0. The number of phenolic OH excluding ortho intramolecular Hbond substituents is 1. The first-order valence-electron chi connectivity index (χ1n) is 5.12. The standard InChI is InChI=1S/C13H9ClO3/c14-10-3-9(4-11(15)6-10)8-1-2-12-13(5-8)17-7-16-12/h1-6,15H,7H2. The van der Waals surface area contributed by atoms with E-state index in [4.69, 9.17) is 21.1 Å². The van der Waals surface area contributed by atoms with Crippen LogP contribution in [0.3, 0.4) is 0 Å². The van der Waals surface area contributed by atoms with Gasteiger partial charge in [0.15, 0.2) is 11.5 Å². The maximum absolute atomic E-state index is 9.51. The van der Waals surface area contributed by atoms with E-state index in [2.05, 4.69) is 0 Å². The van der Waals surface area contributed by atoms with Crippen molar-refractivity contribution in [1.82, 2.24) is 0 Å². The topological polar surface area (TPSA) is 38.7 Å². The van der Waals surface area contributed by atoms with Gasteiger partial charge in [0.05, 0.1) is 0 Å². The molecule has 0 radical (unpaired) electrons. The van der Waals surface area contributed by atoms with Crippen LogP contribution in [0, 0.1) is 0 Å². The van der Waals surface area contributed by atoms with Gasteiger partial charge in [0.1, 0.15) is 5.75 Å². The SMILES string of the molecule is Oc1cc(Cl)cc(-c2ccc3c(c2)OCO3)c1. The second-order valence-corrected chi connectivity index (χ2v) is 4.20. The molecule has 0 spiro atoms. The zero-order valence-corrected chi connectivity index (χ0v) is 9.57. The maximum Gasteiger partial charge on any atom is 0.231 e. The number of halogens is 1. The Balaban J connectivity index is 2.09. The third-order valence-corrected chi connectivity index (χ3v) is 2.81. The Bertz CT molecular complexity index is 561. The smallest absolute Gasteiger partial charge is 0.231 e. The van der Waals surface area contributed by atoms with Crippen LogP contribution in [0.25, 0.3) is 11.1 Å². The van der Waals surface area contributed by atoms with Crippen molar-refractivity contribution < 1.29 is 14.6 Å². The quantitative estimate of drug-likeness (QED) is 0.840. The van der Waals surface area contributed by atoms with E-state index in [0.29, 0.717) is 10.8 Å². The van der Waals surface area contributed by atoms with Crippen LogP contribution in [0.2, 0.25) is 5.02 Å². The Labute approximate surface area is 103 Å². The number of benzene rings is 2. The minimum atomic E-state index is 0.144. The largest absolute Gasteiger partial charge is 0.508 e. The first-order valence-corrected chi connectivity index (χ1v) is 5.50. The zero-order chi connectivity index (χ0) is 11.8. The molecule has 3 nitrogen and oxygen atoms in total. The lowest BCUT2D eigenvalue weighted by atomic mass is 10.0. The Morgan fingerprint density at radius 3 is 2.59 bits per heavy atom. The molecule has 17 heavy (non-hydrogen) atoms. The van der Waals surface area contributed by atoms with Gasteiger partial charge in [0.2, 0.25) is 6.79 Å². The van der Waals surface area contributed by atoms with Gasteiger partial charge in [0.25, 0.3) is 0 Å². The monoisotopic (exact) mass is 248 g/mol. The van der Waals surface area contributed by atoms with Crippen LogP contribution < -0.4 is 9.47 Å². The van der Waals surface area contributed by atoms with Crippen LogP contribution in [-0.4, -0.2) is 11.9 Å². The summed E-state index contributed by atoms with van der Waals surface area (Å²) in [4.78, 5) is 0. The van der Waals surface area contributed by atoms with E-state index in [-0.39, 0.29) is 12.5 Å². The predicted octanol–water partition coefficient (Wildman–Crippen LogP) is 3.44. The molecule has 0 aromatic heterocycles. The van der Waals surface area contributed by atoms with Crippen molar-refractivity contribution in [2.45, 2.75) is 0 Å². The molecule has 0 saturated heterocycles. The van der Waals surface area contributed by atoms with Gasteiger partial charge in [0, 0.05) is 5.02 Å². The third kappa shape index (κ3) is 1.89. The van der Waals surface area contributed by atoms with Gasteiger partial charge in [-0.3, -0.25) is 0 Å². The highest BCUT2D eigenvalue weighted by molar-refractivity contribution is 6.31. The Morgan fingerprint density at radius 1 is 0.941 bits per heavy atom. The van der Waals surface area contributed by atoms with Gasteiger partial charge in [-0.25, -0.2) is 0 Å². The van der Waals surface area contributed by atoms with Crippen LogP contribution in [0.15, 0.2) is 36.4 Å². The minimum Gasteiger partial charge on any atom is -0.508 e. The molecule has 0 unspecified atom stereocenters. The highest BCUT2D eigenvalue weighted by atomic mass is 35.5. The number of rotatable bonds is 1. The lowest BCUT2D eigenvalue weighted by molar-refractivity contribution is 0.174. The molecule has 2 aromatic rings. The zero-order valence-electron chi connectivity index (χ0n) is 8.81. The summed E-state index contributed by atoms with van der Waals surface area (Å²) < 4.78 is 10.5. The fraction of sp³-hybridized carbons (Fsp3) is 0.0769. The van der Waals surface area contributed by atoms with E-state index in [0.717, 1.165) is 16.9 Å². The summed E-state index contributed by atoms with van der Waals surface area (Å²) in [6.07, 6.45) is 0. The van der Waals surface area contributed by atoms with E-state index in [9.17, 15) is 5.11 Å². The molecule has 1 N–H and O–H groups in total. The number of aromatic hydroxyl groups is 1. The molecule has 0 bridgehead atoms. The first-order chi connectivity index (χ1) is 8.22. The molecule has 1 aliphatic heterocycles. The molecule has 2 aromatic carbocycles. The Morgan fingerprint density at radius 2 is 1.76 bits per heavy atom. The van der Waals surface area contributed by atoms with Gasteiger partial charge >= 0.3 is 0 Å². The molecule has 3 rings (SSSR count). The Hall–Kier alpha value is -1.87. The lowest BCUT2D eigenvalue weighted by Gasteiger charge is -2.05. The molecular formula is C13H9ClO3. The number of fused-ring (bicyclic) bond motifs is 1. The second kappa shape index (κ2) is 3.86. The summed E-state index contributed by atoms with van der Waals surface area (Å²) in [6.45, 7) is 0.250. The highest BCUT2D eigenvalue weighted by Crippen LogP contribution is 2.37. The van der Waals surface area contributed by atoms with E-state index in [1.807, 2.05) is 18.2 Å². The third-order valence-electron chi connectivity index (χ3n) is 2.59. The maximum atomic E-state index is 9.51. The fourth-order valence-electron chi connectivity index (χ4n) is 1.82. The summed E-state index contributed by atoms with van der Waals surface area (Å²) in [7, 11) is 0. The molecule has 0 saturated carbocycles. The van der Waals surface area contributed by atoms with Crippen molar-refractivity contribution in [3.05, 3.63) is 41.4 Å². The van der Waals surface area contributed by atoms with Crippen LogP contribution in [0.4, 0.5) is 0 Å². The molecular weight excluding hydrogens is 240 g/mol. The number of hydrogen-bond acceptors (Lipinski definition) is 3. The summed E-state index contributed by atoms with van der Waals surface area (Å²) in [5.74, 6) is 1.59. The molecule has 4 heteroatoms. The van der Waals surface area contributed by atoms with E-state index in [1.165, 1.54) is 6.07 Å². The van der Waals surface area contributed by atoms with Gasteiger partial charge in [-0.2, -0.15) is 0 Å². The summed E-state index contributed by atoms with van der Waals surface area (Å²) in [5.41, 5.74) is 1.76. The van der Waals surface area contributed by atoms with Crippen molar-refractivity contribution in [1.29, 1.82) is 0 Å². The van der Waals surface area contributed by atoms with Gasteiger partial charge in [-0.05, 0) is 41.5 Å². The van der Waals surface area contributed by atoms with E-state index >= 15 is 0 Å². The molecule has 0 fully saturated rings. The molecule has 1 heterocycles. The van der Waals surface area contributed by atoms with Crippen molar-refractivity contribution in [2.24, 2.45) is 0 Å². The average Bonchev–Trinajstić information content (AvgIpc) is 2.74. The molecule has 86 valence electrons. The van der Waals surface area contributed by atoms with Crippen molar-refractivity contribution >= 4 is 11.6 Å². The highest BCUT2D eigenvalue weighted by Gasteiger charge is 2.14. The normalized spacial score (nSPS) is 12.8. The fourth-order valence-corrected chi connectivity index (χ4v) is 2.05. The van der Waals surface area contributed by atoms with Crippen molar-refractivity contribution in [3.63, 3.8) is 0 Å². The summed E-state index contributed by atoms with van der Waals surface area (Å²) >= 11 is 5.90. The number of ether oxygens (including phenoxy) is 2. The lowest BCUT2D eigenvalue weighted by Crippen LogP contribution is -1.92. The number of hydrogen-bond donors (Lipinski definition) is 1. The molecule has 0 aliphatic carbocycles. The average molecular weight is 249 g/mol. The van der Waals surface area contributed by atoms with Gasteiger partial charge < -0.3 is 14.6 Å². The van der Waals surface area contributed by atoms with Crippen LogP contribution >= 0.6 is 11.6 Å². The first kappa shape index (κ1) is 10.3. The van der Waals surface area contributed by atoms with Crippen molar-refractivity contribution in [3.8, 4) is 28.4 Å². The van der Waals surface area contributed by atoms with Gasteiger partial charge in [-0.1, -0.05) is 17.7 Å². The molecule has 0 atom stereocenters.